The predicted octanol–water partition coefficient (Wildman–Crippen LogP) is 5.55. The molecule has 2 aliphatic heterocycles. The number of piperidine rings is 2. The number of β-amino-alcohol motifs (C(OH)–C–C–N with tert-alkyl or cyclic N) is 1. The fraction of sp³-hybridized carbons (Fsp3) is 0.353. The monoisotopic (exact) mass is 629 g/mol. The van der Waals surface area contributed by atoms with Gasteiger partial charge in [0.15, 0.2) is 0 Å². The molecule has 1 unspecified atom stereocenters. The number of nitrogens with zero attached hydrogens (tertiary/aromatic N) is 5. The first-order valence-electron chi connectivity index (χ1n) is 15.3. The number of methoxy groups -OCH3 is 1. The van der Waals surface area contributed by atoms with Crippen LogP contribution in [0.3, 0.4) is 0 Å². The summed E-state index contributed by atoms with van der Waals surface area (Å²) >= 11 is 0. The number of benzene rings is 2. The van der Waals surface area contributed by atoms with Gasteiger partial charge in [-0.3, -0.25) is 4.79 Å². The molecule has 2 aromatic carbocycles. The van der Waals surface area contributed by atoms with Crippen molar-refractivity contribution in [3.63, 3.8) is 0 Å². The van der Waals surface area contributed by atoms with E-state index in [0.717, 1.165) is 62.2 Å². The van der Waals surface area contributed by atoms with Crippen LogP contribution in [0.15, 0.2) is 67.6 Å². The highest BCUT2D eigenvalue weighted by Crippen LogP contribution is 2.35. The van der Waals surface area contributed by atoms with E-state index >= 15 is 4.39 Å². The van der Waals surface area contributed by atoms with E-state index in [4.69, 9.17) is 14.3 Å². The van der Waals surface area contributed by atoms with Crippen LogP contribution in [0, 0.1) is 5.82 Å². The Morgan fingerprint density at radius 2 is 1.80 bits per heavy atom. The lowest BCUT2D eigenvalue weighted by Crippen LogP contribution is -2.38. The number of carbonyl (C=O) groups excluding carboxylic acids is 1. The Labute approximate surface area is 268 Å². The molecule has 242 valence electrons. The number of rotatable bonds is 9. The first-order valence-corrected chi connectivity index (χ1v) is 15.3. The SMILES string of the molecule is C=CC=O.COc1cc2ncnc(Nc3ccc(Oc4ccnc(N5CCCC(O)C5)c4)cc3F)c2cc1NC1CCN(C)CC1. The number of aldehydes is 1. The molecular weight excluding hydrogens is 589 g/mol. The topological polar surface area (TPSA) is 125 Å². The lowest BCUT2D eigenvalue weighted by Gasteiger charge is -2.31. The van der Waals surface area contributed by atoms with Gasteiger partial charge in [0.05, 0.1) is 30.1 Å². The third-order valence-corrected chi connectivity index (χ3v) is 8.00. The number of ether oxygens (including phenoxy) is 2. The zero-order valence-corrected chi connectivity index (χ0v) is 26.2. The van der Waals surface area contributed by atoms with Crippen LogP contribution in [0.5, 0.6) is 17.2 Å². The molecule has 2 aromatic heterocycles. The number of hydrogen-bond donors (Lipinski definition) is 3. The number of aliphatic hydroxyl groups excluding tert-OH is 1. The molecule has 1 atom stereocenters. The number of hydrogen-bond acceptors (Lipinski definition) is 11. The van der Waals surface area contributed by atoms with E-state index in [0.29, 0.717) is 47.5 Å². The Hall–Kier alpha value is -4.81. The van der Waals surface area contributed by atoms with Gasteiger partial charge in [0.2, 0.25) is 0 Å². The van der Waals surface area contributed by atoms with Crippen molar-refractivity contribution in [2.24, 2.45) is 0 Å². The number of likely N-dealkylation sites (tertiary alicyclic amines) is 1. The van der Waals surface area contributed by atoms with Crippen LogP contribution in [-0.4, -0.2) is 83.7 Å². The third-order valence-electron chi connectivity index (χ3n) is 8.00. The zero-order valence-electron chi connectivity index (χ0n) is 26.2. The molecule has 12 heteroatoms. The maximum Gasteiger partial charge on any atom is 0.150 e. The van der Waals surface area contributed by atoms with E-state index in [1.54, 1.807) is 37.6 Å². The summed E-state index contributed by atoms with van der Waals surface area (Å²) in [4.78, 5) is 26.7. The summed E-state index contributed by atoms with van der Waals surface area (Å²) in [5.41, 5.74) is 1.81. The van der Waals surface area contributed by atoms with Gasteiger partial charge in [0, 0.05) is 48.9 Å². The van der Waals surface area contributed by atoms with Crippen molar-refractivity contribution in [1.29, 1.82) is 0 Å². The minimum atomic E-state index is -0.481. The minimum absolute atomic E-state index is 0.265. The highest BCUT2D eigenvalue weighted by atomic mass is 19.1. The van der Waals surface area contributed by atoms with Crippen LogP contribution < -0.4 is 25.0 Å². The van der Waals surface area contributed by atoms with Crippen molar-refractivity contribution in [3.8, 4) is 17.2 Å². The predicted molar refractivity (Wildman–Crippen MR) is 178 cm³/mol. The van der Waals surface area contributed by atoms with E-state index in [2.05, 4.69) is 44.1 Å². The fourth-order valence-corrected chi connectivity index (χ4v) is 5.56. The summed E-state index contributed by atoms with van der Waals surface area (Å²) in [6.45, 7) is 6.54. The largest absolute Gasteiger partial charge is 0.495 e. The average molecular weight is 630 g/mol. The molecule has 0 bridgehead atoms. The van der Waals surface area contributed by atoms with E-state index in [1.165, 1.54) is 18.5 Å². The fourth-order valence-electron chi connectivity index (χ4n) is 5.56. The van der Waals surface area contributed by atoms with Crippen LogP contribution in [0.25, 0.3) is 10.9 Å². The maximum absolute atomic E-state index is 15.3. The Kier molecular flexibility index (Phi) is 10.9. The number of nitrogens with one attached hydrogen (secondary N) is 2. The van der Waals surface area contributed by atoms with E-state index in [9.17, 15) is 5.11 Å². The second-order valence-corrected chi connectivity index (χ2v) is 11.3. The second-order valence-electron chi connectivity index (χ2n) is 11.3. The van der Waals surface area contributed by atoms with Crippen LogP contribution in [0.2, 0.25) is 0 Å². The summed E-state index contributed by atoms with van der Waals surface area (Å²) in [6, 6.07) is 12.4. The molecule has 2 fully saturated rings. The molecule has 6 rings (SSSR count). The maximum atomic E-state index is 15.3. The molecule has 3 N–H and O–H groups in total. The van der Waals surface area contributed by atoms with Gasteiger partial charge in [-0.15, -0.1) is 0 Å². The Morgan fingerprint density at radius 3 is 2.52 bits per heavy atom. The molecule has 2 saturated heterocycles. The Bertz CT molecular complexity index is 1640. The standard InChI is InChI=1S/C31H36FN7O3.C3H4O/c1-38-12-8-20(9-13-38)36-28-16-24-27(17-29(28)41-2)34-19-35-31(24)37-26-6-5-22(14-25(26)32)42-23-7-10-33-30(15-23)39-11-3-4-21(40)18-39;1-2-3-4/h5-7,10,14-17,19-21,36,40H,3-4,8-9,11-13,18H2,1-2H3,(H,34,35,37);2-3H,1H2. The quantitative estimate of drug-likeness (QED) is 0.160. The molecule has 11 nitrogen and oxygen atoms in total. The number of allylic oxidation sites excluding steroid dienone is 1. The lowest BCUT2D eigenvalue weighted by atomic mass is 10.0. The van der Waals surface area contributed by atoms with E-state index in [-0.39, 0.29) is 11.8 Å². The summed E-state index contributed by atoms with van der Waals surface area (Å²) in [5.74, 6) is 2.34. The molecule has 0 amide bonds. The molecule has 4 aromatic rings. The summed E-state index contributed by atoms with van der Waals surface area (Å²) in [6.07, 6.45) is 8.34. The van der Waals surface area contributed by atoms with Crippen LogP contribution in [0.1, 0.15) is 25.7 Å². The van der Waals surface area contributed by atoms with Gasteiger partial charge in [0.25, 0.3) is 0 Å². The summed E-state index contributed by atoms with van der Waals surface area (Å²) in [7, 11) is 3.78. The average Bonchev–Trinajstić information content (AvgIpc) is 3.07. The normalized spacial score (nSPS) is 17.0. The number of anilines is 4. The summed E-state index contributed by atoms with van der Waals surface area (Å²) < 4.78 is 26.9. The molecule has 4 heterocycles. The number of aliphatic hydroxyl groups is 1. The first kappa shape index (κ1) is 32.6. The number of carbonyl (C=O) groups is 1. The van der Waals surface area contributed by atoms with Gasteiger partial charge in [-0.1, -0.05) is 6.58 Å². The summed E-state index contributed by atoms with van der Waals surface area (Å²) in [5, 5.41) is 17.5. The molecule has 0 radical (unpaired) electrons. The van der Waals surface area contributed by atoms with Crippen LogP contribution in [0.4, 0.5) is 27.4 Å². The van der Waals surface area contributed by atoms with E-state index < -0.39 is 5.82 Å². The molecule has 0 spiro atoms. The smallest absolute Gasteiger partial charge is 0.150 e. The van der Waals surface area contributed by atoms with Crippen molar-refractivity contribution in [1.82, 2.24) is 19.9 Å². The molecule has 2 aliphatic rings. The van der Waals surface area contributed by atoms with Crippen molar-refractivity contribution in [3.05, 3.63) is 73.5 Å². The van der Waals surface area contributed by atoms with Gasteiger partial charge in [-0.2, -0.15) is 0 Å². The second kappa shape index (κ2) is 15.5. The van der Waals surface area contributed by atoms with Gasteiger partial charge >= 0.3 is 0 Å². The van der Waals surface area contributed by atoms with Gasteiger partial charge in [-0.25, -0.2) is 19.3 Å². The first-order chi connectivity index (χ1) is 22.4. The zero-order chi connectivity index (χ0) is 32.5. The van der Waals surface area contributed by atoms with Crippen molar-refractivity contribution in [2.45, 2.75) is 37.8 Å². The van der Waals surface area contributed by atoms with Gasteiger partial charge in [-0.05, 0) is 76.2 Å². The van der Waals surface area contributed by atoms with Crippen molar-refractivity contribution >= 4 is 40.2 Å². The van der Waals surface area contributed by atoms with Crippen molar-refractivity contribution < 1.29 is 23.8 Å². The lowest BCUT2D eigenvalue weighted by molar-refractivity contribution is -0.104. The highest BCUT2D eigenvalue weighted by molar-refractivity contribution is 5.95. The molecule has 46 heavy (non-hydrogen) atoms. The van der Waals surface area contributed by atoms with Crippen molar-refractivity contribution in [2.75, 3.05) is 55.9 Å². The number of fused-ring (bicyclic) bond motifs is 1. The number of halogens is 1. The molecule has 0 saturated carbocycles. The third kappa shape index (κ3) is 8.26. The van der Waals surface area contributed by atoms with E-state index in [1.807, 2.05) is 17.0 Å². The van der Waals surface area contributed by atoms with Crippen LogP contribution >= 0.6 is 0 Å². The molecule has 0 aliphatic carbocycles. The number of pyridine rings is 1. The highest BCUT2D eigenvalue weighted by Gasteiger charge is 2.21. The van der Waals surface area contributed by atoms with Gasteiger partial charge < -0.3 is 35.0 Å². The molecular formula is C34H40FN7O4. The van der Waals surface area contributed by atoms with Gasteiger partial charge in [0.1, 0.15) is 47.3 Å². The minimum Gasteiger partial charge on any atom is -0.495 e. The van der Waals surface area contributed by atoms with Crippen LogP contribution in [-0.2, 0) is 4.79 Å². The number of aromatic nitrogens is 3. The Morgan fingerprint density at radius 1 is 1.02 bits per heavy atom. The Balaban J connectivity index is 0.000000985.